The summed E-state index contributed by atoms with van der Waals surface area (Å²) in [4.78, 5) is 0. The van der Waals surface area contributed by atoms with Gasteiger partial charge >= 0.3 is 0 Å². The Morgan fingerprint density at radius 2 is 1.92 bits per heavy atom. The second-order valence-electron chi connectivity index (χ2n) is 3.25. The van der Waals surface area contributed by atoms with E-state index in [-0.39, 0.29) is 11.5 Å². The highest BCUT2D eigenvalue weighted by Crippen LogP contribution is 2.17. The van der Waals surface area contributed by atoms with Crippen LogP contribution in [0.25, 0.3) is 0 Å². The lowest BCUT2D eigenvalue weighted by atomic mass is 10.3. The quantitative estimate of drug-likeness (QED) is 0.654. The van der Waals surface area contributed by atoms with Crippen molar-refractivity contribution in [2.75, 3.05) is 6.61 Å². The van der Waals surface area contributed by atoms with E-state index < -0.39 is 0 Å². The molecular formula is C9H21NOS. The molecule has 0 bridgehead atoms. The van der Waals surface area contributed by atoms with Crippen LogP contribution >= 0.6 is 11.8 Å². The summed E-state index contributed by atoms with van der Waals surface area (Å²) in [6.07, 6.45) is 0.985. The van der Waals surface area contributed by atoms with Crippen LogP contribution < -0.4 is 5.73 Å². The van der Waals surface area contributed by atoms with Gasteiger partial charge in [-0.05, 0) is 13.3 Å². The molecule has 0 heterocycles. The van der Waals surface area contributed by atoms with Crippen LogP contribution in [0.3, 0.4) is 0 Å². The van der Waals surface area contributed by atoms with Crippen LogP contribution in [-0.2, 0) is 4.74 Å². The summed E-state index contributed by atoms with van der Waals surface area (Å²) in [5.74, 6) is 0. The molecule has 0 aromatic heterocycles. The largest absolute Gasteiger partial charge is 0.366 e. The normalized spacial score (nSPS) is 16.5. The standard InChI is InChI=1S/C9H21NOS/c1-5-9(10)6-11-8(4)12-7(2)3/h7-9H,5-6,10H2,1-4H3. The molecule has 0 aliphatic heterocycles. The Bertz CT molecular complexity index is 109. The average Bonchev–Trinajstić information content (AvgIpc) is 1.99. The molecule has 0 radical (unpaired) electrons. The van der Waals surface area contributed by atoms with Crippen molar-refractivity contribution >= 4 is 11.8 Å². The van der Waals surface area contributed by atoms with E-state index in [0.29, 0.717) is 11.9 Å². The predicted molar refractivity (Wildman–Crippen MR) is 56.4 cm³/mol. The maximum Gasteiger partial charge on any atom is 0.100 e. The summed E-state index contributed by atoms with van der Waals surface area (Å²) in [7, 11) is 0. The zero-order valence-corrected chi connectivity index (χ0v) is 9.36. The van der Waals surface area contributed by atoms with Gasteiger partial charge in [-0.2, -0.15) is 0 Å². The molecule has 2 unspecified atom stereocenters. The van der Waals surface area contributed by atoms with Gasteiger partial charge in [-0.15, -0.1) is 11.8 Å². The van der Waals surface area contributed by atoms with Crippen LogP contribution in [0.4, 0.5) is 0 Å². The Labute approximate surface area is 80.2 Å². The first-order valence-corrected chi connectivity index (χ1v) is 5.53. The van der Waals surface area contributed by atoms with Gasteiger partial charge in [0.15, 0.2) is 0 Å². The third kappa shape index (κ3) is 6.95. The van der Waals surface area contributed by atoms with Crippen molar-refractivity contribution in [3.8, 4) is 0 Å². The molecule has 0 aliphatic carbocycles. The molecule has 3 heteroatoms. The molecule has 0 saturated carbocycles. The predicted octanol–water partition coefficient (Wildman–Crippen LogP) is 2.23. The molecule has 2 N–H and O–H groups in total. The van der Waals surface area contributed by atoms with Crippen LogP contribution in [0.2, 0.25) is 0 Å². The maximum atomic E-state index is 5.72. The van der Waals surface area contributed by atoms with Crippen LogP contribution in [0.1, 0.15) is 34.1 Å². The number of hydrogen-bond acceptors (Lipinski definition) is 3. The molecule has 0 rings (SSSR count). The van der Waals surface area contributed by atoms with E-state index in [4.69, 9.17) is 10.5 Å². The summed E-state index contributed by atoms with van der Waals surface area (Å²) in [6.45, 7) is 9.17. The van der Waals surface area contributed by atoms with Crippen molar-refractivity contribution in [2.24, 2.45) is 5.73 Å². The molecule has 12 heavy (non-hydrogen) atoms. The lowest BCUT2D eigenvalue weighted by molar-refractivity contribution is 0.110. The summed E-state index contributed by atoms with van der Waals surface area (Å²) < 4.78 is 5.54. The van der Waals surface area contributed by atoms with Gasteiger partial charge in [0.05, 0.1) is 6.61 Å². The van der Waals surface area contributed by atoms with E-state index in [0.717, 1.165) is 6.42 Å². The van der Waals surface area contributed by atoms with Gasteiger partial charge in [0.25, 0.3) is 0 Å². The first-order valence-electron chi connectivity index (χ1n) is 4.58. The summed E-state index contributed by atoms with van der Waals surface area (Å²) >= 11 is 1.83. The minimum absolute atomic E-state index is 0.195. The first kappa shape index (κ1) is 12.3. The van der Waals surface area contributed by atoms with Crippen LogP contribution in [-0.4, -0.2) is 23.3 Å². The fraction of sp³-hybridized carbons (Fsp3) is 1.00. The monoisotopic (exact) mass is 191 g/mol. The van der Waals surface area contributed by atoms with Crippen molar-refractivity contribution in [1.29, 1.82) is 0 Å². The second-order valence-corrected chi connectivity index (χ2v) is 5.13. The Morgan fingerprint density at radius 1 is 1.33 bits per heavy atom. The molecule has 0 aromatic carbocycles. The Balaban J connectivity index is 3.36. The zero-order chi connectivity index (χ0) is 9.56. The average molecular weight is 191 g/mol. The van der Waals surface area contributed by atoms with E-state index >= 15 is 0 Å². The molecule has 2 nitrogen and oxygen atoms in total. The lowest BCUT2D eigenvalue weighted by Gasteiger charge is -2.17. The number of nitrogens with two attached hydrogens (primary N) is 1. The summed E-state index contributed by atoms with van der Waals surface area (Å²) in [5.41, 5.74) is 5.98. The fourth-order valence-corrected chi connectivity index (χ4v) is 1.72. The van der Waals surface area contributed by atoms with E-state index in [1.165, 1.54) is 0 Å². The number of rotatable bonds is 6. The lowest BCUT2D eigenvalue weighted by Crippen LogP contribution is -2.27. The van der Waals surface area contributed by atoms with Crippen molar-refractivity contribution in [2.45, 2.75) is 50.8 Å². The molecule has 2 atom stereocenters. The van der Waals surface area contributed by atoms with Gasteiger partial charge in [0.2, 0.25) is 0 Å². The topological polar surface area (TPSA) is 35.2 Å². The minimum Gasteiger partial charge on any atom is -0.366 e. The van der Waals surface area contributed by atoms with Gasteiger partial charge in [0.1, 0.15) is 5.44 Å². The molecule has 0 aliphatic rings. The molecule has 0 spiro atoms. The fourth-order valence-electron chi connectivity index (χ4n) is 0.800. The van der Waals surface area contributed by atoms with E-state index in [1.807, 2.05) is 11.8 Å². The highest BCUT2D eigenvalue weighted by Gasteiger charge is 2.07. The third-order valence-electron chi connectivity index (χ3n) is 1.53. The highest BCUT2D eigenvalue weighted by molar-refractivity contribution is 8.00. The second kappa shape index (κ2) is 6.75. The van der Waals surface area contributed by atoms with Crippen LogP contribution in [0.5, 0.6) is 0 Å². The van der Waals surface area contributed by atoms with E-state index in [2.05, 4.69) is 27.7 Å². The summed E-state index contributed by atoms with van der Waals surface area (Å²) in [6, 6.07) is 0.195. The van der Waals surface area contributed by atoms with E-state index in [9.17, 15) is 0 Å². The van der Waals surface area contributed by atoms with Gasteiger partial charge in [-0.1, -0.05) is 20.8 Å². The molecule has 0 aromatic rings. The van der Waals surface area contributed by atoms with Crippen molar-refractivity contribution in [1.82, 2.24) is 0 Å². The Morgan fingerprint density at radius 3 is 2.33 bits per heavy atom. The maximum absolute atomic E-state index is 5.72. The van der Waals surface area contributed by atoms with E-state index in [1.54, 1.807) is 0 Å². The van der Waals surface area contributed by atoms with Gasteiger partial charge in [-0.3, -0.25) is 0 Å². The molecule has 0 fully saturated rings. The number of hydrogen-bond donors (Lipinski definition) is 1. The molecular weight excluding hydrogens is 170 g/mol. The molecule has 74 valence electrons. The first-order chi connectivity index (χ1) is 5.56. The van der Waals surface area contributed by atoms with Crippen LogP contribution in [0.15, 0.2) is 0 Å². The number of ether oxygens (including phenoxy) is 1. The van der Waals surface area contributed by atoms with Gasteiger partial charge in [0, 0.05) is 11.3 Å². The zero-order valence-electron chi connectivity index (χ0n) is 8.54. The highest BCUT2D eigenvalue weighted by atomic mass is 32.2. The SMILES string of the molecule is CCC(N)COC(C)SC(C)C. The minimum atomic E-state index is 0.195. The Kier molecular flexibility index (Phi) is 6.90. The van der Waals surface area contributed by atoms with Gasteiger partial charge in [-0.25, -0.2) is 0 Å². The number of thioether (sulfide) groups is 1. The summed E-state index contributed by atoms with van der Waals surface area (Å²) in [5, 5.41) is 0.623. The molecule has 0 saturated heterocycles. The van der Waals surface area contributed by atoms with Gasteiger partial charge < -0.3 is 10.5 Å². The molecule has 0 amide bonds. The van der Waals surface area contributed by atoms with Crippen LogP contribution in [0, 0.1) is 0 Å². The Hall–Kier alpha value is 0.270. The van der Waals surface area contributed by atoms with Crippen molar-refractivity contribution in [3.63, 3.8) is 0 Å². The smallest absolute Gasteiger partial charge is 0.100 e. The van der Waals surface area contributed by atoms with Crippen molar-refractivity contribution < 1.29 is 4.74 Å². The van der Waals surface area contributed by atoms with Crippen molar-refractivity contribution in [3.05, 3.63) is 0 Å². The third-order valence-corrected chi connectivity index (χ3v) is 2.60.